The average Bonchev–Trinajstić information content (AvgIpc) is 2.01. The molecule has 0 saturated heterocycles. The van der Waals surface area contributed by atoms with Crippen molar-refractivity contribution in [3.05, 3.63) is 0 Å². The molecule has 14 heavy (non-hydrogen) atoms. The van der Waals surface area contributed by atoms with Crippen LogP contribution in [0.15, 0.2) is 0 Å². The molecule has 0 bridgehead atoms. The molecule has 0 saturated carbocycles. The summed E-state index contributed by atoms with van der Waals surface area (Å²) in [4.78, 5) is 8.96. The number of rotatable bonds is 7. The lowest BCUT2D eigenvalue weighted by molar-refractivity contribution is -0.537. The lowest BCUT2D eigenvalue weighted by atomic mass is 10.1. The third-order valence-electron chi connectivity index (χ3n) is 1.59. The van der Waals surface area contributed by atoms with E-state index in [1.807, 2.05) is 6.92 Å². The van der Waals surface area contributed by atoms with Crippen LogP contribution >= 0.6 is 0 Å². The van der Waals surface area contributed by atoms with E-state index < -0.39 is 23.0 Å². The highest BCUT2D eigenvalue weighted by molar-refractivity contribution is 4.63. The van der Waals surface area contributed by atoms with E-state index in [2.05, 4.69) is 9.68 Å². The zero-order chi connectivity index (χ0) is 11.1. The molecule has 8 nitrogen and oxygen atoms in total. The van der Waals surface area contributed by atoms with E-state index in [0.29, 0.717) is 12.8 Å². The molecule has 0 aromatic heterocycles. The fourth-order valence-electron chi connectivity index (χ4n) is 0.995. The van der Waals surface area contributed by atoms with Crippen molar-refractivity contribution in [3.63, 3.8) is 0 Å². The third-order valence-corrected chi connectivity index (χ3v) is 1.59. The molecule has 2 atom stereocenters. The molecule has 86 valence electrons. The van der Waals surface area contributed by atoms with Crippen molar-refractivity contribution in [2.75, 3.05) is 0 Å². The summed E-state index contributed by atoms with van der Waals surface area (Å²) in [5.41, 5.74) is 0. The molecule has 8 heteroatoms. The first-order chi connectivity index (χ1) is 6.47. The Hall–Kier alpha value is -0.320. The minimum Gasteiger partial charge on any atom is -0.266 e. The normalized spacial score (nSPS) is 16.3. The summed E-state index contributed by atoms with van der Waals surface area (Å²) in [6, 6.07) is 0. The zero-order valence-corrected chi connectivity index (χ0v) is 8.07. The Kier molecular flexibility index (Phi) is 6.87. The highest BCUT2D eigenvalue weighted by atomic mass is 17.1. The van der Waals surface area contributed by atoms with Gasteiger partial charge in [-0.05, 0) is 13.3 Å². The Bertz CT molecular complexity index is 144. The Balaban J connectivity index is 4.03. The van der Waals surface area contributed by atoms with E-state index in [1.165, 1.54) is 6.92 Å². The first-order valence-corrected chi connectivity index (χ1v) is 4.16. The molecule has 0 aromatic rings. The van der Waals surface area contributed by atoms with Gasteiger partial charge in [-0.15, -0.1) is 0 Å². The van der Waals surface area contributed by atoms with Gasteiger partial charge in [0.2, 0.25) is 0 Å². The van der Waals surface area contributed by atoms with Crippen LogP contribution in [-0.4, -0.2) is 43.8 Å². The molecule has 0 aromatic carbocycles. The number of hydrogen-bond acceptors (Lipinski definition) is 8. The molecule has 0 radical (unpaired) electrons. The topological polar surface area (TPSA) is 106 Å². The second-order valence-corrected chi connectivity index (χ2v) is 2.75. The van der Waals surface area contributed by atoms with Crippen LogP contribution in [0.25, 0.3) is 0 Å². The summed E-state index contributed by atoms with van der Waals surface area (Å²) in [7, 11) is 0. The van der Waals surface area contributed by atoms with Crippen molar-refractivity contribution < 1.29 is 30.5 Å². The van der Waals surface area contributed by atoms with E-state index in [0.717, 1.165) is 0 Å². The first-order valence-electron chi connectivity index (χ1n) is 4.16. The van der Waals surface area contributed by atoms with Crippen LogP contribution in [0.5, 0.6) is 0 Å². The molecule has 2 unspecified atom stereocenters. The maximum atomic E-state index is 8.40. The van der Waals surface area contributed by atoms with Gasteiger partial charge in [-0.2, -0.15) is 0 Å². The second-order valence-electron chi connectivity index (χ2n) is 2.75. The van der Waals surface area contributed by atoms with Crippen LogP contribution in [0.1, 0.15) is 26.7 Å². The summed E-state index contributed by atoms with van der Waals surface area (Å²) >= 11 is 0. The monoisotopic (exact) mass is 212 g/mol. The highest BCUT2D eigenvalue weighted by Gasteiger charge is 2.22. The van der Waals surface area contributed by atoms with Gasteiger partial charge in [0.05, 0.1) is 10.8 Å². The average molecular weight is 212 g/mol. The van der Waals surface area contributed by atoms with Gasteiger partial charge in [0, 0.05) is 0 Å². The SMILES string of the molecule is CCCC(ON(O)O)C(C)ON(O)O. The minimum absolute atomic E-state index is 0.431. The highest BCUT2D eigenvalue weighted by Crippen LogP contribution is 2.11. The Morgan fingerprint density at radius 1 is 1.07 bits per heavy atom. The van der Waals surface area contributed by atoms with Gasteiger partial charge >= 0.3 is 0 Å². The summed E-state index contributed by atoms with van der Waals surface area (Å²) < 4.78 is 0. The van der Waals surface area contributed by atoms with Gasteiger partial charge in [0.15, 0.2) is 0 Å². The molecule has 0 aliphatic rings. The summed E-state index contributed by atoms with van der Waals surface area (Å²) in [5, 5.41) is 32.6. The number of nitrogens with zero attached hydrogens (tertiary/aromatic N) is 2. The predicted octanol–water partition coefficient (Wildman–Crippen LogP) is 0.568. The van der Waals surface area contributed by atoms with Gasteiger partial charge in [0.1, 0.15) is 12.2 Å². The molecule has 0 aliphatic carbocycles. The molecule has 0 rings (SSSR count). The standard InChI is InChI=1S/C6H16N2O6/c1-3-4-6(14-8(11)12)5(2)13-7(9)10/h5-6,9-12H,3-4H2,1-2H3. The smallest absolute Gasteiger partial charge is 0.112 e. The largest absolute Gasteiger partial charge is 0.266 e. The fraction of sp³-hybridized carbons (Fsp3) is 1.00. The zero-order valence-electron chi connectivity index (χ0n) is 8.07. The van der Waals surface area contributed by atoms with Crippen LogP contribution in [-0.2, 0) is 9.68 Å². The van der Waals surface area contributed by atoms with Crippen LogP contribution in [0.3, 0.4) is 0 Å². The molecule has 0 amide bonds. The van der Waals surface area contributed by atoms with Gasteiger partial charge in [-0.1, -0.05) is 13.3 Å². The van der Waals surface area contributed by atoms with Gasteiger partial charge < -0.3 is 0 Å². The molecular formula is C6H16N2O6. The van der Waals surface area contributed by atoms with E-state index in [-0.39, 0.29) is 0 Å². The second kappa shape index (κ2) is 7.04. The Morgan fingerprint density at radius 3 is 1.93 bits per heavy atom. The van der Waals surface area contributed by atoms with E-state index in [1.54, 1.807) is 0 Å². The lowest BCUT2D eigenvalue weighted by Gasteiger charge is -2.24. The Morgan fingerprint density at radius 2 is 1.57 bits per heavy atom. The molecule has 0 heterocycles. The van der Waals surface area contributed by atoms with Crippen molar-refractivity contribution in [3.8, 4) is 0 Å². The fourth-order valence-corrected chi connectivity index (χ4v) is 0.995. The molecule has 0 spiro atoms. The summed E-state index contributed by atoms with van der Waals surface area (Å²) in [6.45, 7) is 3.35. The lowest BCUT2D eigenvalue weighted by Crippen LogP contribution is -2.37. The van der Waals surface area contributed by atoms with E-state index in [9.17, 15) is 0 Å². The van der Waals surface area contributed by atoms with Crippen molar-refractivity contribution in [1.29, 1.82) is 0 Å². The van der Waals surface area contributed by atoms with Crippen molar-refractivity contribution >= 4 is 0 Å². The maximum Gasteiger partial charge on any atom is 0.112 e. The maximum absolute atomic E-state index is 8.40. The Labute approximate surface area is 81.2 Å². The summed E-state index contributed by atoms with van der Waals surface area (Å²) in [5.74, 6) is 0. The van der Waals surface area contributed by atoms with Crippen molar-refractivity contribution in [2.45, 2.75) is 38.9 Å². The molecule has 4 N–H and O–H groups in total. The van der Waals surface area contributed by atoms with Crippen molar-refractivity contribution in [2.24, 2.45) is 0 Å². The number of hydrogen-bond donors (Lipinski definition) is 4. The van der Waals surface area contributed by atoms with E-state index >= 15 is 0 Å². The quantitative estimate of drug-likeness (QED) is 0.454. The van der Waals surface area contributed by atoms with Crippen LogP contribution in [0, 0.1) is 0 Å². The molecule has 0 fully saturated rings. The van der Waals surface area contributed by atoms with Crippen molar-refractivity contribution in [1.82, 2.24) is 10.8 Å². The van der Waals surface area contributed by atoms with Crippen LogP contribution < -0.4 is 0 Å². The van der Waals surface area contributed by atoms with Gasteiger partial charge in [-0.3, -0.25) is 20.8 Å². The van der Waals surface area contributed by atoms with Crippen LogP contribution in [0.4, 0.5) is 0 Å². The van der Waals surface area contributed by atoms with Gasteiger partial charge in [0.25, 0.3) is 0 Å². The van der Waals surface area contributed by atoms with Crippen LogP contribution in [0.2, 0.25) is 0 Å². The third kappa shape index (κ3) is 6.18. The van der Waals surface area contributed by atoms with Gasteiger partial charge in [-0.25, -0.2) is 9.68 Å². The predicted molar refractivity (Wildman–Crippen MR) is 41.2 cm³/mol. The summed E-state index contributed by atoms with van der Waals surface area (Å²) in [6.07, 6.45) is -0.265. The van der Waals surface area contributed by atoms with E-state index in [4.69, 9.17) is 20.8 Å². The minimum atomic E-state index is -0.744. The first kappa shape index (κ1) is 13.7. The molecule has 0 aliphatic heterocycles. The molecular weight excluding hydrogens is 196 g/mol.